The molecule has 0 spiro atoms. The predicted molar refractivity (Wildman–Crippen MR) is 59.4 cm³/mol. The van der Waals surface area contributed by atoms with E-state index in [1.54, 1.807) is 20.8 Å². The van der Waals surface area contributed by atoms with Gasteiger partial charge >= 0.3 is 5.97 Å². The standard InChI is InChI=1S/C10H10Cl2FNO2/c1-10(2,3)16-9(15)5-4-6(13)8(12)14-7(5)11/h4H,1-3H3. The number of esters is 1. The molecular formula is C10H10Cl2FNO2. The van der Waals surface area contributed by atoms with E-state index >= 15 is 0 Å². The van der Waals surface area contributed by atoms with Crippen LogP contribution in [0.15, 0.2) is 6.07 Å². The lowest BCUT2D eigenvalue weighted by molar-refractivity contribution is 0.00688. The highest BCUT2D eigenvalue weighted by molar-refractivity contribution is 6.34. The average molecular weight is 266 g/mol. The van der Waals surface area contributed by atoms with E-state index in [1.807, 2.05) is 0 Å². The van der Waals surface area contributed by atoms with Crippen molar-refractivity contribution >= 4 is 29.2 Å². The predicted octanol–water partition coefficient (Wildman–Crippen LogP) is 3.48. The molecule has 0 saturated heterocycles. The van der Waals surface area contributed by atoms with Crippen molar-refractivity contribution < 1.29 is 13.9 Å². The first-order valence-corrected chi connectivity index (χ1v) is 5.21. The summed E-state index contributed by atoms with van der Waals surface area (Å²) in [5, 5.41) is -0.557. The lowest BCUT2D eigenvalue weighted by Crippen LogP contribution is -2.24. The number of halogens is 3. The summed E-state index contributed by atoms with van der Waals surface area (Å²) in [5.74, 6) is -1.55. The molecule has 0 atom stereocenters. The number of carbonyl (C=O) groups excluding carboxylic acids is 1. The molecule has 0 aliphatic carbocycles. The highest BCUT2D eigenvalue weighted by atomic mass is 35.5. The molecule has 6 heteroatoms. The van der Waals surface area contributed by atoms with Crippen LogP contribution in [0.5, 0.6) is 0 Å². The molecule has 0 aromatic carbocycles. The van der Waals surface area contributed by atoms with Gasteiger partial charge in [0.05, 0.1) is 5.56 Å². The summed E-state index contributed by atoms with van der Waals surface area (Å²) in [4.78, 5) is 15.1. The van der Waals surface area contributed by atoms with E-state index in [1.165, 1.54) is 0 Å². The zero-order chi connectivity index (χ0) is 12.5. The molecular weight excluding hydrogens is 256 g/mol. The Morgan fingerprint density at radius 1 is 1.38 bits per heavy atom. The van der Waals surface area contributed by atoms with Crippen LogP contribution >= 0.6 is 23.2 Å². The molecule has 1 rings (SSSR count). The van der Waals surface area contributed by atoms with E-state index in [9.17, 15) is 9.18 Å². The quantitative estimate of drug-likeness (QED) is 0.577. The van der Waals surface area contributed by atoms with Crippen molar-refractivity contribution in [1.29, 1.82) is 0 Å². The normalized spacial score (nSPS) is 11.4. The molecule has 0 unspecified atom stereocenters. The number of carbonyl (C=O) groups is 1. The maximum Gasteiger partial charge on any atom is 0.341 e. The van der Waals surface area contributed by atoms with E-state index < -0.39 is 17.4 Å². The maximum atomic E-state index is 13.1. The topological polar surface area (TPSA) is 39.2 Å². The average Bonchev–Trinajstić information content (AvgIpc) is 2.08. The molecule has 0 fully saturated rings. The Kier molecular flexibility index (Phi) is 3.76. The number of aromatic nitrogens is 1. The number of pyridine rings is 1. The van der Waals surface area contributed by atoms with Crippen LogP contribution < -0.4 is 0 Å². The summed E-state index contributed by atoms with van der Waals surface area (Å²) in [6, 6.07) is 0.908. The number of nitrogens with zero attached hydrogens (tertiary/aromatic N) is 1. The van der Waals surface area contributed by atoms with Crippen LogP contribution in [0.4, 0.5) is 4.39 Å². The SMILES string of the molecule is CC(C)(C)OC(=O)c1cc(F)c(Cl)nc1Cl. The minimum atomic E-state index is -0.813. The Morgan fingerprint density at radius 2 is 1.94 bits per heavy atom. The van der Waals surface area contributed by atoms with Crippen LogP contribution in [0, 0.1) is 5.82 Å². The molecule has 0 radical (unpaired) electrons. The van der Waals surface area contributed by atoms with E-state index in [2.05, 4.69) is 4.98 Å². The molecule has 0 saturated carbocycles. The summed E-state index contributed by atoms with van der Waals surface area (Å²) in [5.41, 5.74) is -0.824. The second-order valence-corrected chi connectivity index (χ2v) is 4.82. The number of rotatable bonds is 1. The summed E-state index contributed by atoms with van der Waals surface area (Å²) in [6.45, 7) is 5.08. The minimum Gasteiger partial charge on any atom is -0.456 e. The van der Waals surface area contributed by atoms with E-state index in [0.717, 1.165) is 6.07 Å². The largest absolute Gasteiger partial charge is 0.456 e. The summed E-state index contributed by atoms with van der Waals surface area (Å²) < 4.78 is 18.1. The summed E-state index contributed by atoms with van der Waals surface area (Å²) in [7, 11) is 0. The van der Waals surface area contributed by atoms with Gasteiger partial charge in [-0.25, -0.2) is 14.2 Å². The minimum absolute atomic E-state index is 0.140. The molecule has 1 aromatic heterocycles. The number of hydrogen-bond donors (Lipinski definition) is 0. The smallest absolute Gasteiger partial charge is 0.341 e. The van der Waals surface area contributed by atoms with Gasteiger partial charge < -0.3 is 4.74 Å². The highest BCUT2D eigenvalue weighted by Crippen LogP contribution is 2.22. The van der Waals surface area contributed by atoms with E-state index in [-0.39, 0.29) is 15.9 Å². The Balaban J connectivity index is 3.05. The number of ether oxygens (including phenoxy) is 1. The second kappa shape index (κ2) is 4.55. The molecule has 0 N–H and O–H groups in total. The fourth-order valence-electron chi connectivity index (χ4n) is 0.922. The van der Waals surface area contributed by atoms with Crippen molar-refractivity contribution in [3.8, 4) is 0 Å². The molecule has 16 heavy (non-hydrogen) atoms. The Morgan fingerprint density at radius 3 is 2.44 bits per heavy atom. The van der Waals surface area contributed by atoms with Gasteiger partial charge in [0.15, 0.2) is 11.0 Å². The van der Waals surface area contributed by atoms with Gasteiger partial charge in [0, 0.05) is 0 Å². The first-order chi connectivity index (χ1) is 7.20. The fourth-order valence-corrected chi connectivity index (χ4v) is 1.32. The Labute approximate surface area is 103 Å². The summed E-state index contributed by atoms with van der Waals surface area (Å²) >= 11 is 11.1. The van der Waals surface area contributed by atoms with Gasteiger partial charge in [0.1, 0.15) is 10.8 Å². The van der Waals surface area contributed by atoms with Crippen LogP contribution in [-0.4, -0.2) is 16.6 Å². The summed E-state index contributed by atoms with van der Waals surface area (Å²) in [6.07, 6.45) is 0. The lowest BCUT2D eigenvalue weighted by atomic mass is 10.2. The first kappa shape index (κ1) is 13.2. The molecule has 3 nitrogen and oxygen atoms in total. The third kappa shape index (κ3) is 3.32. The van der Waals surface area contributed by atoms with E-state index in [0.29, 0.717) is 0 Å². The highest BCUT2D eigenvalue weighted by Gasteiger charge is 2.22. The van der Waals surface area contributed by atoms with Crippen LogP contribution in [0.25, 0.3) is 0 Å². The zero-order valence-electron chi connectivity index (χ0n) is 8.97. The Bertz CT molecular complexity index is 430. The van der Waals surface area contributed by atoms with Crippen LogP contribution in [-0.2, 0) is 4.74 Å². The van der Waals surface area contributed by atoms with Crippen LogP contribution in [0.3, 0.4) is 0 Å². The van der Waals surface area contributed by atoms with Crippen molar-refractivity contribution in [2.45, 2.75) is 26.4 Å². The molecule has 1 heterocycles. The fraction of sp³-hybridized carbons (Fsp3) is 0.400. The van der Waals surface area contributed by atoms with Crippen molar-refractivity contribution in [1.82, 2.24) is 4.98 Å². The van der Waals surface area contributed by atoms with Crippen molar-refractivity contribution in [3.05, 3.63) is 27.8 Å². The molecule has 88 valence electrons. The molecule has 0 amide bonds. The van der Waals surface area contributed by atoms with Gasteiger partial charge in [-0.2, -0.15) is 0 Å². The van der Waals surface area contributed by atoms with E-state index in [4.69, 9.17) is 27.9 Å². The number of hydrogen-bond acceptors (Lipinski definition) is 3. The van der Waals surface area contributed by atoms with Crippen LogP contribution in [0.1, 0.15) is 31.1 Å². The Hall–Kier alpha value is -0.870. The van der Waals surface area contributed by atoms with Gasteiger partial charge in [0.2, 0.25) is 0 Å². The van der Waals surface area contributed by atoms with Crippen LogP contribution in [0.2, 0.25) is 10.3 Å². The van der Waals surface area contributed by atoms with Gasteiger partial charge in [-0.05, 0) is 26.8 Å². The third-order valence-electron chi connectivity index (χ3n) is 1.51. The first-order valence-electron chi connectivity index (χ1n) is 4.45. The lowest BCUT2D eigenvalue weighted by Gasteiger charge is -2.19. The molecule has 0 aliphatic heterocycles. The monoisotopic (exact) mass is 265 g/mol. The second-order valence-electron chi connectivity index (χ2n) is 4.10. The molecule has 0 bridgehead atoms. The van der Waals surface area contributed by atoms with Gasteiger partial charge in [0.25, 0.3) is 0 Å². The molecule has 0 aliphatic rings. The third-order valence-corrected chi connectivity index (χ3v) is 2.06. The zero-order valence-corrected chi connectivity index (χ0v) is 10.5. The maximum absolute atomic E-state index is 13.1. The van der Waals surface area contributed by atoms with Gasteiger partial charge in [-0.15, -0.1) is 0 Å². The van der Waals surface area contributed by atoms with Gasteiger partial charge in [-0.3, -0.25) is 0 Å². The van der Waals surface area contributed by atoms with Crippen molar-refractivity contribution in [2.24, 2.45) is 0 Å². The molecule has 1 aromatic rings. The van der Waals surface area contributed by atoms with Crippen molar-refractivity contribution in [2.75, 3.05) is 0 Å². The van der Waals surface area contributed by atoms with Crippen molar-refractivity contribution in [3.63, 3.8) is 0 Å². The van der Waals surface area contributed by atoms with Gasteiger partial charge in [-0.1, -0.05) is 23.2 Å².